The number of fused-ring (bicyclic) bond motifs is 1. The van der Waals surface area contributed by atoms with Crippen LogP contribution in [0, 0.1) is 11.8 Å². The molecule has 0 spiro atoms. The van der Waals surface area contributed by atoms with Crippen LogP contribution in [0.25, 0.3) is 0 Å². The molecule has 166 valence electrons. The second-order valence-electron chi connectivity index (χ2n) is 9.14. The molecule has 3 saturated heterocycles. The molecule has 0 aliphatic carbocycles. The molecule has 3 atom stereocenters. The minimum Gasteiger partial charge on any atom is -0.331 e. The van der Waals surface area contributed by atoms with Crippen LogP contribution in [-0.2, 0) is 28.4 Å². The van der Waals surface area contributed by atoms with Crippen molar-refractivity contribution >= 4 is 21.8 Å². The molecule has 0 aromatic carbocycles. The topological polar surface area (TPSA) is 95.8 Å². The quantitative estimate of drug-likeness (QED) is 0.672. The van der Waals surface area contributed by atoms with Gasteiger partial charge in [0.1, 0.15) is 5.69 Å². The van der Waals surface area contributed by atoms with E-state index in [1.165, 1.54) is 12.8 Å². The zero-order valence-electron chi connectivity index (χ0n) is 18.1. The fraction of sp³-hybridized carbons (Fsp3) is 0.750. The Bertz CT molecular complexity index is 950. The fourth-order valence-corrected chi connectivity index (χ4v) is 6.56. The van der Waals surface area contributed by atoms with Crippen LogP contribution in [-0.4, -0.2) is 82.1 Å². The molecule has 0 N–H and O–H groups in total. The van der Waals surface area contributed by atoms with Crippen molar-refractivity contribution in [3.63, 3.8) is 0 Å². The predicted octanol–water partition coefficient (Wildman–Crippen LogP) is 0.673. The van der Waals surface area contributed by atoms with E-state index in [2.05, 4.69) is 10.00 Å². The van der Waals surface area contributed by atoms with Gasteiger partial charge in [-0.05, 0) is 44.3 Å². The number of aromatic nitrogens is 2. The third-order valence-electron chi connectivity index (χ3n) is 6.66. The Balaban J connectivity index is 1.61. The Morgan fingerprint density at radius 1 is 1.23 bits per heavy atom. The van der Waals surface area contributed by atoms with Crippen LogP contribution in [0.1, 0.15) is 49.3 Å². The van der Waals surface area contributed by atoms with Gasteiger partial charge in [0, 0.05) is 20.1 Å². The number of nitrogens with zero attached hydrogens (tertiary/aromatic N) is 5. The van der Waals surface area contributed by atoms with E-state index < -0.39 is 28.0 Å². The van der Waals surface area contributed by atoms with Crippen molar-refractivity contribution in [2.24, 2.45) is 18.9 Å². The van der Waals surface area contributed by atoms with Gasteiger partial charge < -0.3 is 4.90 Å². The lowest BCUT2D eigenvalue weighted by Gasteiger charge is -2.29. The number of carbonyl (C=O) groups is 2. The van der Waals surface area contributed by atoms with Gasteiger partial charge in [-0.25, -0.2) is 12.7 Å². The lowest BCUT2D eigenvalue weighted by Crippen LogP contribution is -2.44. The van der Waals surface area contributed by atoms with Gasteiger partial charge in [-0.1, -0.05) is 13.8 Å². The molecule has 2 amide bonds. The number of likely N-dealkylation sites (tertiary alicyclic amines) is 2. The summed E-state index contributed by atoms with van der Waals surface area (Å²) < 4.78 is 27.2. The molecular formula is C20H31N5O4S. The van der Waals surface area contributed by atoms with Gasteiger partial charge in [0.25, 0.3) is 5.91 Å². The smallest absolute Gasteiger partial charge is 0.272 e. The first-order chi connectivity index (χ1) is 14.1. The van der Waals surface area contributed by atoms with Crippen molar-refractivity contribution in [2.45, 2.75) is 51.7 Å². The average molecular weight is 438 g/mol. The third-order valence-corrected chi connectivity index (χ3v) is 7.83. The third kappa shape index (κ3) is 3.53. The van der Waals surface area contributed by atoms with Crippen LogP contribution in [0.5, 0.6) is 0 Å². The minimum absolute atomic E-state index is 0.0672. The van der Waals surface area contributed by atoms with E-state index in [9.17, 15) is 18.0 Å². The summed E-state index contributed by atoms with van der Waals surface area (Å²) in [5.41, 5.74) is 1.34. The number of amides is 2. The van der Waals surface area contributed by atoms with Crippen molar-refractivity contribution in [1.82, 2.24) is 23.9 Å². The Kier molecular flexibility index (Phi) is 5.42. The first kappa shape index (κ1) is 21.3. The summed E-state index contributed by atoms with van der Waals surface area (Å²) in [5, 5.41) is 4.53. The van der Waals surface area contributed by atoms with E-state index in [4.69, 9.17) is 0 Å². The van der Waals surface area contributed by atoms with Crippen LogP contribution < -0.4 is 0 Å². The number of sulfonamides is 1. The number of aryl methyl sites for hydroxylation is 1. The fourth-order valence-electron chi connectivity index (χ4n) is 5.39. The summed E-state index contributed by atoms with van der Waals surface area (Å²) in [6.45, 7) is 7.07. The van der Waals surface area contributed by atoms with Crippen LogP contribution in [0.15, 0.2) is 6.07 Å². The summed E-state index contributed by atoms with van der Waals surface area (Å²) >= 11 is 0. The van der Waals surface area contributed by atoms with E-state index >= 15 is 0 Å². The monoisotopic (exact) mass is 437 g/mol. The van der Waals surface area contributed by atoms with E-state index in [0.29, 0.717) is 18.7 Å². The van der Waals surface area contributed by atoms with Crippen LogP contribution >= 0.6 is 0 Å². The Labute approximate surface area is 178 Å². The van der Waals surface area contributed by atoms with Crippen LogP contribution in [0.4, 0.5) is 0 Å². The van der Waals surface area contributed by atoms with Gasteiger partial charge in [-0.15, -0.1) is 0 Å². The number of hydrogen-bond donors (Lipinski definition) is 0. The Morgan fingerprint density at radius 3 is 2.50 bits per heavy atom. The SMILES string of the molecule is CC(C)[C@H]1C(=O)N(S(C)(=O)=O)[C@H]2CCN(C(=O)c3cc(CN4CCCC4)nn3C)[C@H]12. The van der Waals surface area contributed by atoms with Gasteiger partial charge >= 0.3 is 0 Å². The minimum atomic E-state index is -3.68. The molecule has 4 rings (SSSR count). The lowest BCUT2D eigenvalue weighted by molar-refractivity contribution is -0.129. The molecule has 10 heteroatoms. The van der Waals surface area contributed by atoms with E-state index in [1.54, 1.807) is 16.6 Å². The van der Waals surface area contributed by atoms with Gasteiger partial charge in [-0.2, -0.15) is 5.10 Å². The maximum absolute atomic E-state index is 13.5. The molecule has 3 fully saturated rings. The van der Waals surface area contributed by atoms with Crippen LogP contribution in [0.3, 0.4) is 0 Å². The maximum Gasteiger partial charge on any atom is 0.272 e. The second kappa shape index (κ2) is 7.64. The van der Waals surface area contributed by atoms with Crippen molar-refractivity contribution in [3.8, 4) is 0 Å². The summed E-state index contributed by atoms with van der Waals surface area (Å²) in [6.07, 6.45) is 3.92. The molecule has 1 aromatic rings. The molecule has 1 aromatic heterocycles. The normalized spacial score (nSPS) is 27.5. The van der Waals surface area contributed by atoms with E-state index in [0.717, 1.165) is 35.9 Å². The molecule has 4 heterocycles. The average Bonchev–Trinajstić information content (AvgIpc) is 3.38. The van der Waals surface area contributed by atoms with Gasteiger partial charge in [0.15, 0.2) is 0 Å². The highest BCUT2D eigenvalue weighted by Crippen LogP contribution is 2.41. The molecule has 3 aliphatic heterocycles. The first-order valence-corrected chi connectivity index (χ1v) is 12.5. The summed E-state index contributed by atoms with van der Waals surface area (Å²) in [4.78, 5) is 30.5. The molecule has 0 radical (unpaired) electrons. The molecule has 0 bridgehead atoms. The first-order valence-electron chi connectivity index (χ1n) is 10.7. The molecule has 3 aliphatic rings. The predicted molar refractivity (Wildman–Crippen MR) is 111 cm³/mol. The van der Waals surface area contributed by atoms with Crippen LogP contribution in [0.2, 0.25) is 0 Å². The maximum atomic E-state index is 13.5. The van der Waals surface area contributed by atoms with E-state index in [-0.39, 0.29) is 17.7 Å². The summed E-state index contributed by atoms with van der Waals surface area (Å²) in [7, 11) is -1.92. The van der Waals surface area contributed by atoms with Gasteiger partial charge in [0.2, 0.25) is 15.9 Å². The van der Waals surface area contributed by atoms with Gasteiger partial charge in [0.05, 0.1) is 30.0 Å². The molecular weight excluding hydrogens is 406 g/mol. The molecule has 9 nitrogen and oxygen atoms in total. The highest BCUT2D eigenvalue weighted by atomic mass is 32.2. The number of carbonyl (C=O) groups excluding carboxylic acids is 2. The molecule has 0 saturated carbocycles. The lowest BCUT2D eigenvalue weighted by atomic mass is 9.88. The zero-order chi connectivity index (χ0) is 21.8. The van der Waals surface area contributed by atoms with Crippen molar-refractivity contribution in [2.75, 3.05) is 25.9 Å². The highest BCUT2D eigenvalue weighted by molar-refractivity contribution is 7.88. The van der Waals surface area contributed by atoms with Crippen molar-refractivity contribution in [3.05, 3.63) is 17.5 Å². The standard InChI is InChI=1S/C20H31N5O4S/c1-13(2)17-18-15(25(20(17)27)30(4,28)29)7-10-24(18)19(26)16-11-14(21-22(16)3)12-23-8-5-6-9-23/h11,13,15,17-18H,5-10,12H2,1-4H3/t15-,17+,18-/m0/s1. The zero-order valence-corrected chi connectivity index (χ0v) is 18.9. The number of rotatable bonds is 5. The van der Waals surface area contributed by atoms with Crippen molar-refractivity contribution < 1.29 is 18.0 Å². The molecule has 30 heavy (non-hydrogen) atoms. The summed E-state index contributed by atoms with van der Waals surface area (Å²) in [6, 6.07) is 0.918. The largest absolute Gasteiger partial charge is 0.331 e. The Hall–Kier alpha value is -1.94. The second-order valence-corrected chi connectivity index (χ2v) is 11.0. The van der Waals surface area contributed by atoms with Crippen molar-refractivity contribution in [1.29, 1.82) is 0 Å². The van der Waals surface area contributed by atoms with Gasteiger partial charge in [-0.3, -0.25) is 19.2 Å². The summed E-state index contributed by atoms with van der Waals surface area (Å²) in [5.74, 6) is -1.16. The Morgan fingerprint density at radius 2 is 1.90 bits per heavy atom. The number of hydrogen-bond acceptors (Lipinski definition) is 6. The molecule has 0 unspecified atom stereocenters. The van der Waals surface area contributed by atoms with E-state index in [1.807, 2.05) is 19.9 Å². The highest BCUT2D eigenvalue weighted by Gasteiger charge is 2.58.